The van der Waals surface area contributed by atoms with Gasteiger partial charge in [0.15, 0.2) is 0 Å². The number of hydrogen-bond acceptors (Lipinski definition) is 5. The lowest BCUT2D eigenvalue weighted by molar-refractivity contribution is 0.0954. The van der Waals surface area contributed by atoms with Gasteiger partial charge in [0.2, 0.25) is 0 Å². The van der Waals surface area contributed by atoms with Crippen molar-refractivity contribution in [3.63, 3.8) is 0 Å². The van der Waals surface area contributed by atoms with E-state index in [1.54, 1.807) is 12.3 Å². The SMILES string of the molecule is CN1CCN(c2cc(C(=O)NCCN)ccn2)CC1.Cl.Cl. The number of rotatable bonds is 4. The van der Waals surface area contributed by atoms with Crippen LogP contribution in [0.1, 0.15) is 10.4 Å². The van der Waals surface area contributed by atoms with Gasteiger partial charge in [-0.15, -0.1) is 24.8 Å². The Labute approximate surface area is 137 Å². The minimum absolute atomic E-state index is 0. The lowest BCUT2D eigenvalue weighted by Crippen LogP contribution is -2.44. The normalized spacial score (nSPS) is 14.9. The summed E-state index contributed by atoms with van der Waals surface area (Å²) in [6, 6.07) is 3.57. The minimum Gasteiger partial charge on any atom is -0.354 e. The zero-order valence-electron chi connectivity index (χ0n) is 12.1. The molecule has 0 atom stereocenters. The third-order valence-electron chi connectivity index (χ3n) is 3.26. The van der Waals surface area contributed by atoms with E-state index in [2.05, 4.69) is 27.1 Å². The largest absolute Gasteiger partial charge is 0.354 e. The lowest BCUT2D eigenvalue weighted by atomic mass is 10.2. The molecule has 0 spiro atoms. The standard InChI is InChI=1S/C13H21N5O.2ClH/c1-17-6-8-18(9-7-17)12-10-11(2-4-15-12)13(19)16-5-3-14;;/h2,4,10H,3,5-9,14H2,1H3,(H,16,19);2*1H. The molecule has 6 nitrogen and oxygen atoms in total. The van der Waals surface area contributed by atoms with Gasteiger partial charge < -0.3 is 20.9 Å². The summed E-state index contributed by atoms with van der Waals surface area (Å²) in [7, 11) is 2.11. The second kappa shape index (κ2) is 9.78. The second-order valence-electron chi connectivity index (χ2n) is 4.74. The third-order valence-corrected chi connectivity index (χ3v) is 3.26. The zero-order valence-corrected chi connectivity index (χ0v) is 13.8. The number of carbonyl (C=O) groups excluding carboxylic acids is 1. The Morgan fingerprint density at radius 3 is 2.62 bits per heavy atom. The number of piperazine rings is 1. The molecule has 1 saturated heterocycles. The molecule has 1 aliphatic heterocycles. The highest BCUT2D eigenvalue weighted by Gasteiger charge is 2.16. The van der Waals surface area contributed by atoms with E-state index < -0.39 is 0 Å². The van der Waals surface area contributed by atoms with Crippen molar-refractivity contribution in [1.29, 1.82) is 0 Å². The van der Waals surface area contributed by atoms with Gasteiger partial charge in [0.05, 0.1) is 0 Å². The first-order valence-electron chi connectivity index (χ1n) is 6.58. The molecular formula is C13H23Cl2N5O. The van der Waals surface area contributed by atoms with E-state index in [9.17, 15) is 4.79 Å². The molecule has 1 aromatic rings. The topological polar surface area (TPSA) is 74.5 Å². The number of pyridine rings is 1. The fraction of sp³-hybridized carbons (Fsp3) is 0.538. The molecule has 2 heterocycles. The quantitative estimate of drug-likeness (QED) is 0.831. The highest BCUT2D eigenvalue weighted by molar-refractivity contribution is 5.94. The summed E-state index contributed by atoms with van der Waals surface area (Å²) in [6.45, 7) is 4.86. The maximum absolute atomic E-state index is 11.9. The Morgan fingerprint density at radius 1 is 1.33 bits per heavy atom. The number of halogens is 2. The predicted molar refractivity (Wildman–Crippen MR) is 89.8 cm³/mol. The van der Waals surface area contributed by atoms with E-state index in [0.717, 1.165) is 32.0 Å². The van der Waals surface area contributed by atoms with Crippen LogP contribution in [-0.2, 0) is 0 Å². The molecular weight excluding hydrogens is 313 g/mol. The van der Waals surface area contributed by atoms with Crippen LogP contribution in [0, 0.1) is 0 Å². The second-order valence-corrected chi connectivity index (χ2v) is 4.74. The number of anilines is 1. The highest BCUT2D eigenvalue weighted by Crippen LogP contribution is 2.14. The first-order chi connectivity index (χ1) is 9.20. The van der Waals surface area contributed by atoms with Crippen LogP contribution >= 0.6 is 24.8 Å². The van der Waals surface area contributed by atoms with Crippen molar-refractivity contribution >= 4 is 36.5 Å². The van der Waals surface area contributed by atoms with Crippen molar-refractivity contribution in [2.24, 2.45) is 5.73 Å². The van der Waals surface area contributed by atoms with Crippen LogP contribution in [0.25, 0.3) is 0 Å². The maximum Gasteiger partial charge on any atom is 0.251 e. The molecule has 0 bridgehead atoms. The number of carbonyl (C=O) groups is 1. The average Bonchev–Trinajstić information content (AvgIpc) is 2.45. The Kier molecular flexibility index (Phi) is 9.28. The smallest absolute Gasteiger partial charge is 0.251 e. The lowest BCUT2D eigenvalue weighted by Gasteiger charge is -2.33. The van der Waals surface area contributed by atoms with Crippen LogP contribution in [0.5, 0.6) is 0 Å². The van der Waals surface area contributed by atoms with E-state index in [-0.39, 0.29) is 30.7 Å². The van der Waals surface area contributed by atoms with Crippen LogP contribution < -0.4 is 16.0 Å². The molecule has 1 fully saturated rings. The van der Waals surface area contributed by atoms with Crippen molar-refractivity contribution < 1.29 is 4.79 Å². The summed E-state index contributed by atoms with van der Waals surface area (Å²) < 4.78 is 0. The first-order valence-corrected chi connectivity index (χ1v) is 6.58. The number of amides is 1. The molecule has 1 amide bonds. The monoisotopic (exact) mass is 335 g/mol. The van der Waals surface area contributed by atoms with Crippen molar-refractivity contribution in [1.82, 2.24) is 15.2 Å². The molecule has 0 radical (unpaired) electrons. The van der Waals surface area contributed by atoms with Gasteiger partial charge in [-0.1, -0.05) is 0 Å². The fourth-order valence-electron chi connectivity index (χ4n) is 2.06. The molecule has 0 aromatic carbocycles. The maximum atomic E-state index is 11.9. The molecule has 1 aromatic heterocycles. The van der Waals surface area contributed by atoms with Gasteiger partial charge in [-0.2, -0.15) is 0 Å². The van der Waals surface area contributed by atoms with E-state index >= 15 is 0 Å². The molecule has 0 saturated carbocycles. The molecule has 3 N–H and O–H groups in total. The highest BCUT2D eigenvalue weighted by atomic mass is 35.5. The number of aromatic nitrogens is 1. The average molecular weight is 336 g/mol. The summed E-state index contributed by atoms with van der Waals surface area (Å²) in [5, 5.41) is 2.77. The fourth-order valence-corrected chi connectivity index (χ4v) is 2.06. The number of likely N-dealkylation sites (N-methyl/N-ethyl adjacent to an activating group) is 1. The van der Waals surface area contributed by atoms with Crippen molar-refractivity contribution in [3.05, 3.63) is 23.9 Å². The zero-order chi connectivity index (χ0) is 13.7. The van der Waals surface area contributed by atoms with E-state index in [1.165, 1.54) is 0 Å². The third kappa shape index (κ3) is 5.67. The Morgan fingerprint density at radius 2 is 2.00 bits per heavy atom. The van der Waals surface area contributed by atoms with Crippen molar-refractivity contribution in [2.45, 2.75) is 0 Å². The van der Waals surface area contributed by atoms with Crippen LogP contribution in [0.4, 0.5) is 5.82 Å². The molecule has 1 aliphatic rings. The molecule has 21 heavy (non-hydrogen) atoms. The molecule has 8 heteroatoms. The van der Waals surface area contributed by atoms with Gasteiger partial charge in [0, 0.05) is 51.0 Å². The molecule has 0 aliphatic carbocycles. The number of hydrogen-bond donors (Lipinski definition) is 2. The predicted octanol–water partition coefficient (Wildman–Crippen LogP) is 0.365. The Hall–Kier alpha value is -1.08. The number of nitrogens with two attached hydrogens (primary N) is 1. The summed E-state index contributed by atoms with van der Waals surface area (Å²) in [5.74, 6) is 0.775. The number of nitrogens with zero attached hydrogens (tertiary/aromatic N) is 3. The van der Waals surface area contributed by atoms with Crippen LogP contribution in [0.15, 0.2) is 18.3 Å². The first kappa shape index (κ1) is 19.9. The summed E-state index contributed by atoms with van der Waals surface area (Å²) >= 11 is 0. The van der Waals surface area contributed by atoms with Gasteiger partial charge in [0.1, 0.15) is 5.82 Å². The number of nitrogens with one attached hydrogen (secondary N) is 1. The Bertz CT molecular complexity index is 438. The van der Waals surface area contributed by atoms with Crippen LogP contribution in [0.2, 0.25) is 0 Å². The van der Waals surface area contributed by atoms with Crippen molar-refractivity contribution in [3.8, 4) is 0 Å². The van der Waals surface area contributed by atoms with Crippen LogP contribution in [0.3, 0.4) is 0 Å². The van der Waals surface area contributed by atoms with Crippen molar-refractivity contribution in [2.75, 3.05) is 51.2 Å². The van der Waals surface area contributed by atoms with Gasteiger partial charge in [-0.25, -0.2) is 4.98 Å². The Balaban J connectivity index is 0.00000200. The molecule has 120 valence electrons. The van der Waals surface area contributed by atoms with Gasteiger partial charge >= 0.3 is 0 Å². The molecule has 2 rings (SSSR count). The molecule has 0 unspecified atom stereocenters. The summed E-state index contributed by atoms with van der Waals surface area (Å²) in [4.78, 5) is 20.7. The van der Waals surface area contributed by atoms with Gasteiger partial charge in [-0.05, 0) is 19.2 Å². The minimum atomic E-state index is -0.0942. The summed E-state index contributed by atoms with van der Waals surface area (Å²) in [6.07, 6.45) is 1.69. The van der Waals surface area contributed by atoms with Gasteiger partial charge in [-0.3, -0.25) is 4.79 Å². The summed E-state index contributed by atoms with van der Waals surface area (Å²) in [5.41, 5.74) is 6.01. The van der Waals surface area contributed by atoms with E-state index in [0.29, 0.717) is 18.7 Å². The van der Waals surface area contributed by atoms with E-state index in [4.69, 9.17) is 5.73 Å². The van der Waals surface area contributed by atoms with Gasteiger partial charge in [0.25, 0.3) is 5.91 Å². The van der Waals surface area contributed by atoms with Crippen LogP contribution in [-0.4, -0.2) is 62.1 Å². The van der Waals surface area contributed by atoms with E-state index in [1.807, 2.05) is 6.07 Å².